The van der Waals surface area contributed by atoms with Crippen molar-refractivity contribution in [2.45, 2.75) is 11.9 Å². The van der Waals surface area contributed by atoms with Crippen LogP contribution in [0, 0.1) is 0 Å². The lowest BCUT2D eigenvalue weighted by atomic mass is 10.2. The Morgan fingerprint density at radius 1 is 1.08 bits per heavy atom. The third kappa shape index (κ3) is 3.53. The maximum Gasteiger partial charge on any atom is 0.234 e. The second kappa shape index (κ2) is 7.10. The Kier molecular flexibility index (Phi) is 4.68. The maximum absolute atomic E-state index is 12.4. The van der Waals surface area contributed by atoms with E-state index in [1.165, 1.54) is 0 Å². The minimum Gasteiger partial charge on any atom is -0.323 e. The van der Waals surface area contributed by atoms with Crippen LogP contribution in [0.4, 0.5) is 0 Å². The van der Waals surface area contributed by atoms with Crippen molar-refractivity contribution < 1.29 is 4.79 Å². The molecule has 0 N–H and O–H groups in total. The SMILES string of the molecule is O=C1CS[C@@H](c2ccn(-c3cccc(Br)c3)c2)N1Cc1ccccc1. The van der Waals surface area contributed by atoms with Crippen LogP contribution in [-0.4, -0.2) is 21.1 Å². The summed E-state index contributed by atoms with van der Waals surface area (Å²) in [5.74, 6) is 0.744. The molecule has 3 aromatic rings. The Labute approximate surface area is 159 Å². The van der Waals surface area contributed by atoms with Gasteiger partial charge in [0.1, 0.15) is 5.37 Å². The van der Waals surface area contributed by atoms with Crippen molar-refractivity contribution in [3.05, 3.63) is 88.7 Å². The van der Waals surface area contributed by atoms with E-state index in [4.69, 9.17) is 0 Å². The second-order valence-electron chi connectivity index (χ2n) is 6.00. The smallest absolute Gasteiger partial charge is 0.234 e. The first kappa shape index (κ1) is 16.5. The number of thioether (sulfide) groups is 1. The largest absolute Gasteiger partial charge is 0.323 e. The lowest BCUT2D eigenvalue weighted by Gasteiger charge is -2.23. The van der Waals surface area contributed by atoms with Gasteiger partial charge < -0.3 is 9.47 Å². The average Bonchev–Trinajstić information content (AvgIpc) is 3.24. The summed E-state index contributed by atoms with van der Waals surface area (Å²) in [5.41, 5.74) is 3.42. The van der Waals surface area contributed by atoms with Gasteiger partial charge in [-0.25, -0.2) is 0 Å². The number of halogens is 1. The summed E-state index contributed by atoms with van der Waals surface area (Å²) in [7, 11) is 0. The predicted octanol–water partition coefficient (Wildman–Crippen LogP) is 5.01. The van der Waals surface area contributed by atoms with Gasteiger partial charge in [-0.1, -0.05) is 52.3 Å². The Morgan fingerprint density at radius 2 is 1.92 bits per heavy atom. The quantitative estimate of drug-likeness (QED) is 0.601. The van der Waals surface area contributed by atoms with E-state index in [1.54, 1.807) is 11.8 Å². The van der Waals surface area contributed by atoms with Crippen LogP contribution >= 0.6 is 27.7 Å². The molecule has 2 aromatic carbocycles. The number of amides is 1. The van der Waals surface area contributed by atoms with Crippen molar-refractivity contribution in [3.8, 4) is 5.69 Å². The summed E-state index contributed by atoms with van der Waals surface area (Å²) in [6, 6.07) is 20.5. The molecule has 4 rings (SSSR count). The number of aromatic nitrogens is 1. The van der Waals surface area contributed by atoms with Crippen LogP contribution in [0.3, 0.4) is 0 Å². The van der Waals surface area contributed by atoms with Crippen molar-refractivity contribution in [1.82, 2.24) is 9.47 Å². The second-order valence-corrected chi connectivity index (χ2v) is 7.99. The summed E-state index contributed by atoms with van der Waals surface area (Å²) >= 11 is 5.21. The normalized spacial score (nSPS) is 17.2. The Bertz CT molecular complexity index is 893. The minimum atomic E-state index is 0.0705. The van der Waals surface area contributed by atoms with Gasteiger partial charge in [-0.2, -0.15) is 0 Å². The highest BCUT2D eigenvalue weighted by Crippen LogP contribution is 2.40. The zero-order chi connectivity index (χ0) is 17.2. The van der Waals surface area contributed by atoms with Crippen LogP contribution in [0.1, 0.15) is 16.5 Å². The molecule has 0 aliphatic carbocycles. The molecule has 5 heteroatoms. The molecule has 1 saturated heterocycles. The molecule has 1 fully saturated rings. The number of benzene rings is 2. The van der Waals surface area contributed by atoms with Crippen molar-refractivity contribution >= 4 is 33.6 Å². The number of nitrogens with zero attached hydrogens (tertiary/aromatic N) is 2. The van der Waals surface area contributed by atoms with Gasteiger partial charge in [-0.3, -0.25) is 4.79 Å². The number of carbonyl (C=O) groups is 1. The summed E-state index contributed by atoms with van der Waals surface area (Å²) in [6.07, 6.45) is 4.18. The van der Waals surface area contributed by atoms with Gasteiger partial charge in [0.05, 0.1) is 5.75 Å². The first-order valence-corrected chi connectivity index (χ1v) is 9.94. The maximum atomic E-state index is 12.4. The molecule has 2 heterocycles. The molecule has 25 heavy (non-hydrogen) atoms. The molecule has 0 unspecified atom stereocenters. The molecule has 1 aromatic heterocycles. The van der Waals surface area contributed by atoms with Crippen LogP contribution < -0.4 is 0 Å². The van der Waals surface area contributed by atoms with Crippen molar-refractivity contribution in [3.63, 3.8) is 0 Å². The molecule has 1 amide bonds. The average molecular weight is 413 g/mol. The van der Waals surface area contributed by atoms with E-state index < -0.39 is 0 Å². The third-order valence-corrected chi connectivity index (χ3v) is 6.02. The molecular formula is C20H17BrN2OS. The van der Waals surface area contributed by atoms with E-state index in [2.05, 4.69) is 63.2 Å². The van der Waals surface area contributed by atoms with Crippen LogP contribution in [0.15, 0.2) is 77.5 Å². The van der Waals surface area contributed by atoms with Crippen LogP contribution in [0.25, 0.3) is 5.69 Å². The van der Waals surface area contributed by atoms with Gasteiger partial charge in [0.15, 0.2) is 0 Å². The van der Waals surface area contributed by atoms with E-state index in [-0.39, 0.29) is 11.3 Å². The number of hydrogen-bond donors (Lipinski definition) is 0. The van der Waals surface area contributed by atoms with Crippen LogP contribution in [0.2, 0.25) is 0 Å². The molecule has 1 aliphatic heterocycles. The molecule has 0 saturated carbocycles. The highest BCUT2D eigenvalue weighted by atomic mass is 79.9. The van der Waals surface area contributed by atoms with E-state index in [0.717, 1.165) is 21.3 Å². The molecule has 1 aliphatic rings. The van der Waals surface area contributed by atoms with Gasteiger partial charge in [0, 0.05) is 34.7 Å². The molecule has 126 valence electrons. The highest BCUT2D eigenvalue weighted by Gasteiger charge is 2.33. The van der Waals surface area contributed by atoms with E-state index in [0.29, 0.717) is 12.3 Å². The fraction of sp³-hybridized carbons (Fsp3) is 0.150. The third-order valence-electron chi connectivity index (χ3n) is 4.27. The van der Waals surface area contributed by atoms with Crippen LogP contribution in [0.5, 0.6) is 0 Å². The van der Waals surface area contributed by atoms with Crippen molar-refractivity contribution in [1.29, 1.82) is 0 Å². The molecule has 1 atom stereocenters. The monoisotopic (exact) mass is 412 g/mol. The van der Waals surface area contributed by atoms with Gasteiger partial charge in [-0.05, 0) is 29.8 Å². The summed E-state index contributed by atoms with van der Waals surface area (Å²) in [5, 5.41) is 0.0705. The topological polar surface area (TPSA) is 25.2 Å². The molecule has 0 bridgehead atoms. The molecule has 0 radical (unpaired) electrons. The Balaban J connectivity index is 1.59. The molecule has 3 nitrogen and oxygen atoms in total. The lowest BCUT2D eigenvalue weighted by Crippen LogP contribution is -2.27. The molecular weight excluding hydrogens is 396 g/mol. The summed E-state index contributed by atoms with van der Waals surface area (Å²) in [6.45, 7) is 0.652. The standard InChI is InChI=1S/C20H17BrN2OS/c21-17-7-4-8-18(11-17)22-10-9-16(13-22)20-23(19(24)14-25-20)12-15-5-2-1-3-6-15/h1-11,13,20H,12,14H2/t20-/m0/s1. The summed E-state index contributed by atoms with van der Waals surface area (Å²) in [4.78, 5) is 14.3. The highest BCUT2D eigenvalue weighted by molar-refractivity contribution is 9.10. The van der Waals surface area contributed by atoms with Crippen LogP contribution in [-0.2, 0) is 11.3 Å². The van der Waals surface area contributed by atoms with E-state index >= 15 is 0 Å². The van der Waals surface area contributed by atoms with Crippen molar-refractivity contribution in [2.75, 3.05) is 5.75 Å². The van der Waals surface area contributed by atoms with Crippen molar-refractivity contribution in [2.24, 2.45) is 0 Å². The lowest BCUT2D eigenvalue weighted by molar-refractivity contribution is -0.128. The fourth-order valence-corrected chi connectivity index (χ4v) is 4.60. The minimum absolute atomic E-state index is 0.0705. The molecule has 0 spiro atoms. The first-order valence-electron chi connectivity index (χ1n) is 8.09. The zero-order valence-electron chi connectivity index (χ0n) is 13.5. The first-order chi connectivity index (χ1) is 12.2. The Morgan fingerprint density at radius 3 is 2.72 bits per heavy atom. The number of hydrogen-bond acceptors (Lipinski definition) is 2. The number of carbonyl (C=O) groups excluding carboxylic acids is 1. The van der Waals surface area contributed by atoms with E-state index in [1.807, 2.05) is 35.2 Å². The number of rotatable bonds is 4. The van der Waals surface area contributed by atoms with E-state index in [9.17, 15) is 4.79 Å². The summed E-state index contributed by atoms with van der Waals surface area (Å²) < 4.78 is 3.15. The van der Waals surface area contributed by atoms with Gasteiger partial charge >= 0.3 is 0 Å². The Hall–Kier alpha value is -1.98. The predicted molar refractivity (Wildman–Crippen MR) is 106 cm³/mol. The van der Waals surface area contributed by atoms with Gasteiger partial charge in [0.2, 0.25) is 5.91 Å². The van der Waals surface area contributed by atoms with Gasteiger partial charge in [0.25, 0.3) is 0 Å². The fourth-order valence-electron chi connectivity index (χ4n) is 3.04. The zero-order valence-corrected chi connectivity index (χ0v) is 15.9. The van der Waals surface area contributed by atoms with Gasteiger partial charge in [-0.15, -0.1) is 11.8 Å².